The molecule has 0 rings (SSSR count). The van der Waals surface area contributed by atoms with Gasteiger partial charge in [0.25, 0.3) is 0 Å². The first-order chi connectivity index (χ1) is 5.66. The minimum atomic E-state index is -5.14. The summed E-state index contributed by atoms with van der Waals surface area (Å²) in [5.74, 6) is -12.8. The topological polar surface area (TPSA) is 40.1 Å². The van der Waals surface area contributed by atoms with Crippen molar-refractivity contribution in [2.75, 3.05) is 6.67 Å². The summed E-state index contributed by atoms with van der Waals surface area (Å²) in [5, 5.41) is 9.76. The molecule has 0 atom stereocenters. The Labute approximate surface area is 69.7 Å². The second kappa shape index (κ2) is 3.31. The molecule has 0 spiro atoms. The van der Waals surface area contributed by atoms with Gasteiger partial charge in [-0.15, -0.1) is 0 Å². The van der Waals surface area contributed by atoms with E-state index in [9.17, 15) is 31.9 Å². The van der Waals surface area contributed by atoms with Crippen molar-refractivity contribution < 1.29 is 31.9 Å². The molecule has 0 radical (unpaired) electrons. The normalized spacial score (nSPS) is 12.7. The van der Waals surface area contributed by atoms with Crippen LogP contribution in [0.1, 0.15) is 0 Å². The van der Waals surface area contributed by atoms with E-state index in [2.05, 4.69) is 6.58 Å². The Morgan fingerprint density at radius 1 is 1.31 bits per heavy atom. The van der Waals surface area contributed by atoms with E-state index in [-0.39, 0.29) is 0 Å². The van der Waals surface area contributed by atoms with E-state index < -0.39 is 30.1 Å². The molecule has 0 N–H and O–H groups in total. The second-order valence-electron chi connectivity index (χ2n) is 2.18. The molecule has 0 amide bonds. The summed E-state index contributed by atoms with van der Waals surface area (Å²) in [4.78, 5) is 9.76. The number of carbonyl (C=O) groups is 1. The number of aliphatic carboxylic acids is 1. The van der Waals surface area contributed by atoms with Crippen LogP contribution in [0.25, 0.3) is 0 Å². The van der Waals surface area contributed by atoms with Gasteiger partial charge in [0.05, 0.1) is 5.97 Å². The largest absolute Gasteiger partial charge is 0.545 e. The van der Waals surface area contributed by atoms with Crippen LogP contribution in [0.2, 0.25) is 0 Å². The lowest BCUT2D eigenvalue weighted by atomic mass is 10.1. The van der Waals surface area contributed by atoms with Crippen LogP contribution in [0.5, 0.6) is 0 Å². The van der Waals surface area contributed by atoms with Crippen LogP contribution in [0, 0.1) is 0 Å². The second-order valence-corrected chi connectivity index (χ2v) is 2.18. The Morgan fingerprint density at radius 2 is 1.69 bits per heavy atom. The van der Waals surface area contributed by atoms with Crippen LogP contribution in [-0.4, -0.2) is 24.5 Å². The molecule has 0 aromatic rings. The maximum absolute atomic E-state index is 12.3. The lowest BCUT2D eigenvalue weighted by molar-refractivity contribution is -0.305. The fourth-order valence-electron chi connectivity index (χ4n) is 0.433. The quantitative estimate of drug-likeness (QED) is 0.494. The molecular formula is C6H4F5O2-. The smallest absolute Gasteiger partial charge is 0.342 e. The summed E-state index contributed by atoms with van der Waals surface area (Å²) in [5.41, 5.74) is -2.14. The van der Waals surface area contributed by atoms with Gasteiger partial charge in [-0.2, -0.15) is 17.6 Å². The monoisotopic (exact) mass is 203 g/mol. The molecule has 0 aliphatic rings. The predicted octanol–water partition coefficient (Wildman–Crippen LogP) is 0.533. The highest BCUT2D eigenvalue weighted by atomic mass is 19.3. The number of carboxylic acid groups (broad SMARTS) is 1. The summed E-state index contributed by atoms with van der Waals surface area (Å²) in [6.45, 7) is -0.493. The number of carboxylic acids is 1. The Hall–Kier alpha value is -1.14. The lowest BCUT2D eigenvalue weighted by Gasteiger charge is -2.26. The zero-order valence-electron chi connectivity index (χ0n) is 6.12. The number of halogens is 5. The standard InChI is InChI=1S/C6H5F5O2/c1-3(4(12)13)6(10,11)5(8,9)2-7/h1-2H2,(H,12,13)/p-1. The van der Waals surface area contributed by atoms with Crippen LogP contribution in [0.15, 0.2) is 12.2 Å². The van der Waals surface area contributed by atoms with E-state index in [0.717, 1.165) is 0 Å². The summed E-state index contributed by atoms with van der Waals surface area (Å²) in [6.07, 6.45) is 0. The molecular weight excluding hydrogens is 199 g/mol. The molecule has 0 aliphatic carbocycles. The molecule has 0 fully saturated rings. The number of alkyl halides is 5. The molecule has 0 aromatic heterocycles. The van der Waals surface area contributed by atoms with Gasteiger partial charge in [0.2, 0.25) is 0 Å². The summed E-state index contributed by atoms with van der Waals surface area (Å²) in [7, 11) is 0. The van der Waals surface area contributed by atoms with Gasteiger partial charge in [-0.05, 0) is 0 Å². The van der Waals surface area contributed by atoms with Gasteiger partial charge >= 0.3 is 11.8 Å². The zero-order valence-corrected chi connectivity index (χ0v) is 6.12. The highest BCUT2D eigenvalue weighted by molar-refractivity contribution is 5.86. The molecule has 0 aliphatic heterocycles. The van der Waals surface area contributed by atoms with Gasteiger partial charge in [0, 0.05) is 5.57 Å². The van der Waals surface area contributed by atoms with Crippen molar-refractivity contribution in [1.82, 2.24) is 0 Å². The van der Waals surface area contributed by atoms with Crippen LogP contribution >= 0.6 is 0 Å². The maximum Gasteiger partial charge on any atom is 0.342 e. The predicted molar refractivity (Wildman–Crippen MR) is 30.0 cm³/mol. The van der Waals surface area contributed by atoms with Crippen molar-refractivity contribution in [3.63, 3.8) is 0 Å². The molecule has 0 heterocycles. The minimum Gasteiger partial charge on any atom is -0.545 e. The molecule has 7 heteroatoms. The first-order valence-corrected chi connectivity index (χ1v) is 2.89. The third kappa shape index (κ3) is 1.96. The van der Waals surface area contributed by atoms with Gasteiger partial charge in [-0.1, -0.05) is 6.58 Å². The van der Waals surface area contributed by atoms with E-state index in [1.165, 1.54) is 0 Å². The van der Waals surface area contributed by atoms with E-state index in [1.807, 2.05) is 0 Å². The van der Waals surface area contributed by atoms with Crippen LogP contribution < -0.4 is 5.11 Å². The van der Waals surface area contributed by atoms with Gasteiger partial charge in [-0.3, -0.25) is 0 Å². The van der Waals surface area contributed by atoms with E-state index >= 15 is 0 Å². The summed E-state index contributed by atoms with van der Waals surface area (Å²) < 4.78 is 60.2. The van der Waals surface area contributed by atoms with Gasteiger partial charge in [0.1, 0.15) is 0 Å². The summed E-state index contributed by atoms with van der Waals surface area (Å²) in [6, 6.07) is 0. The Balaban J connectivity index is 4.96. The zero-order chi connectivity index (χ0) is 10.9. The molecule has 76 valence electrons. The SMILES string of the molecule is C=C(C(=O)[O-])C(F)(F)C(F)(F)CF. The van der Waals surface area contributed by atoms with Crippen molar-refractivity contribution in [3.8, 4) is 0 Å². The van der Waals surface area contributed by atoms with Crippen molar-refractivity contribution in [1.29, 1.82) is 0 Å². The average Bonchev–Trinajstić information content (AvgIpc) is 2.02. The molecule has 0 unspecified atom stereocenters. The third-order valence-corrected chi connectivity index (χ3v) is 1.25. The maximum atomic E-state index is 12.3. The van der Waals surface area contributed by atoms with Crippen molar-refractivity contribution >= 4 is 5.97 Å². The fourth-order valence-corrected chi connectivity index (χ4v) is 0.433. The van der Waals surface area contributed by atoms with Crippen LogP contribution in [0.3, 0.4) is 0 Å². The molecule has 2 nitrogen and oxygen atoms in total. The average molecular weight is 203 g/mol. The Kier molecular flexibility index (Phi) is 3.02. The highest BCUT2D eigenvalue weighted by Gasteiger charge is 2.58. The van der Waals surface area contributed by atoms with Gasteiger partial charge < -0.3 is 9.90 Å². The molecule has 0 bridgehead atoms. The van der Waals surface area contributed by atoms with Crippen molar-refractivity contribution in [3.05, 3.63) is 12.2 Å². The number of hydrogen-bond acceptors (Lipinski definition) is 2. The van der Waals surface area contributed by atoms with Crippen LogP contribution in [0.4, 0.5) is 22.0 Å². The first-order valence-electron chi connectivity index (χ1n) is 2.89. The number of carbonyl (C=O) groups excluding carboxylic acids is 1. The lowest BCUT2D eigenvalue weighted by Crippen LogP contribution is -2.48. The molecule has 0 aromatic carbocycles. The molecule has 13 heavy (non-hydrogen) atoms. The first kappa shape index (κ1) is 11.9. The summed E-state index contributed by atoms with van der Waals surface area (Å²) >= 11 is 0. The third-order valence-electron chi connectivity index (χ3n) is 1.25. The number of hydrogen-bond donors (Lipinski definition) is 0. The Morgan fingerprint density at radius 3 is 1.92 bits per heavy atom. The van der Waals surface area contributed by atoms with E-state index in [1.54, 1.807) is 0 Å². The Bertz CT molecular complexity index is 235. The van der Waals surface area contributed by atoms with Crippen molar-refractivity contribution in [2.24, 2.45) is 0 Å². The van der Waals surface area contributed by atoms with Crippen molar-refractivity contribution in [2.45, 2.75) is 11.8 Å². The van der Waals surface area contributed by atoms with Crippen LogP contribution in [-0.2, 0) is 4.79 Å². The van der Waals surface area contributed by atoms with E-state index in [0.29, 0.717) is 0 Å². The molecule has 0 saturated carbocycles. The minimum absolute atomic E-state index is 2.14. The fraction of sp³-hybridized carbons (Fsp3) is 0.500. The van der Waals surface area contributed by atoms with E-state index in [4.69, 9.17) is 0 Å². The molecule has 0 saturated heterocycles. The highest BCUT2D eigenvalue weighted by Crippen LogP contribution is 2.39. The van der Waals surface area contributed by atoms with Gasteiger partial charge in [0.15, 0.2) is 6.67 Å². The van der Waals surface area contributed by atoms with Gasteiger partial charge in [-0.25, -0.2) is 4.39 Å². The number of rotatable bonds is 4.